The molecule has 8 heteroatoms. The fraction of sp³-hybridized carbons (Fsp3) is 0.348. The fourth-order valence-electron chi connectivity index (χ4n) is 3.79. The molecule has 0 bridgehead atoms. The Bertz CT molecular complexity index is 1170. The SMILES string of the molecule is Cc1cccc(-c2nc(CSc3nnc(-c4ccoc4C)n3CC3CCCO3)cs2)c1. The quantitative estimate of drug-likeness (QED) is 0.333. The summed E-state index contributed by atoms with van der Waals surface area (Å²) in [4.78, 5) is 4.84. The number of furan rings is 1. The number of ether oxygens (including phenoxy) is 1. The Kier molecular flexibility index (Phi) is 5.93. The van der Waals surface area contributed by atoms with E-state index in [1.807, 2.05) is 13.0 Å². The van der Waals surface area contributed by atoms with Crippen LogP contribution in [0.15, 0.2) is 51.5 Å². The largest absolute Gasteiger partial charge is 0.469 e. The van der Waals surface area contributed by atoms with Crippen LogP contribution in [-0.4, -0.2) is 32.5 Å². The third-order valence-corrected chi connectivity index (χ3v) is 7.33. The molecule has 0 amide bonds. The van der Waals surface area contributed by atoms with Crippen molar-refractivity contribution < 1.29 is 9.15 Å². The second-order valence-corrected chi connectivity index (χ2v) is 9.55. The van der Waals surface area contributed by atoms with Crippen molar-refractivity contribution in [3.05, 3.63) is 59.0 Å². The van der Waals surface area contributed by atoms with Crippen molar-refractivity contribution in [3.63, 3.8) is 0 Å². The van der Waals surface area contributed by atoms with Gasteiger partial charge in [-0.15, -0.1) is 21.5 Å². The molecule has 1 aromatic carbocycles. The summed E-state index contributed by atoms with van der Waals surface area (Å²) in [5, 5.41) is 13.1. The number of benzene rings is 1. The van der Waals surface area contributed by atoms with Crippen molar-refractivity contribution in [2.45, 2.75) is 50.2 Å². The molecule has 0 radical (unpaired) electrons. The van der Waals surface area contributed by atoms with Crippen molar-refractivity contribution in [2.75, 3.05) is 6.61 Å². The monoisotopic (exact) mass is 452 g/mol. The van der Waals surface area contributed by atoms with Gasteiger partial charge in [0.25, 0.3) is 0 Å². The number of hydrogen-bond acceptors (Lipinski definition) is 7. The van der Waals surface area contributed by atoms with Gasteiger partial charge in [0.1, 0.15) is 10.8 Å². The zero-order valence-electron chi connectivity index (χ0n) is 17.6. The molecule has 0 saturated carbocycles. The normalized spacial score (nSPS) is 16.3. The molecule has 1 unspecified atom stereocenters. The standard InChI is InChI=1S/C23H24N4O2S2/c1-15-5-3-6-17(11-15)22-24-18(13-30-22)14-31-23-26-25-21(20-8-10-28-16(20)2)27(23)12-19-7-4-9-29-19/h3,5-6,8,10-11,13,19H,4,7,9,12,14H2,1-2H3. The van der Waals surface area contributed by atoms with Crippen molar-refractivity contribution in [1.29, 1.82) is 0 Å². The third-order valence-electron chi connectivity index (χ3n) is 5.39. The molecule has 3 aromatic heterocycles. The second-order valence-electron chi connectivity index (χ2n) is 7.74. The minimum atomic E-state index is 0.202. The highest BCUT2D eigenvalue weighted by Gasteiger charge is 2.23. The minimum absolute atomic E-state index is 0.202. The van der Waals surface area contributed by atoms with Crippen LogP contribution < -0.4 is 0 Å². The van der Waals surface area contributed by atoms with Crippen LogP contribution in [0.2, 0.25) is 0 Å². The van der Waals surface area contributed by atoms with E-state index in [0.29, 0.717) is 0 Å². The molecule has 160 valence electrons. The predicted molar refractivity (Wildman–Crippen MR) is 123 cm³/mol. The van der Waals surface area contributed by atoms with Crippen LogP contribution in [0, 0.1) is 13.8 Å². The van der Waals surface area contributed by atoms with Gasteiger partial charge in [0.2, 0.25) is 0 Å². The van der Waals surface area contributed by atoms with E-state index in [4.69, 9.17) is 14.1 Å². The maximum absolute atomic E-state index is 5.89. The third kappa shape index (κ3) is 4.46. The predicted octanol–water partition coefficient (Wildman–Crippen LogP) is 5.75. The average Bonchev–Trinajstić information content (AvgIpc) is 3.55. The molecule has 4 heterocycles. The number of nitrogens with zero attached hydrogens (tertiary/aromatic N) is 4. The Hall–Kier alpha value is -2.42. The van der Waals surface area contributed by atoms with E-state index < -0.39 is 0 Å². The van der Waals surface area contributed by atoms with Crippen molar-refractivity contribution in [2.24, 2.45) is 0 Å². The summed E-state index contributed by atoms with van der Waals surface area (Å²) in [6, 6.07) is 10.4. The molecule has 1 saturated heterocycles. The molecule has 4 aromatic rings. The summed E-state index contributed by atoms with van der Waals surface area (Å²) in [5.41, 5.74) is 4.44. The Morgan fingerprint density at radius 3 is 2.94 bits per heavy atom. The van der Waals surface area contributed by atoms with Crippen LogP contribution in [0.4, 0.5) is 0 Å². The van der Waals surface area contributed by atoms with Gasteiger partial charge in [0.15, 0.2) is 11.0 Å². The maximum atomic E-state index is 5.89. The van der Waals surface area contributed by atoms with Crippen molar-refractivity contribution >= 4 is 23.1 Å². The molecule has 6 nitrogen and oxygen atoms in total. The van der Waals surface area contributed by atoms with Gasteiger partial charge < -0.3 is 9.15 Å². The van der Waals surface area contributed by atoms with Crippen LogP contribution in [0.5, 0.6) is 0 Å². The van der Waals surface area contributed by atoms with E-state index in [1.165, 1.54) is 11.1 Å². The summed E-state index contributed by atoms with van der Waals surface area (Å²) in [7, 11) is 0. The fourth-order valence-corrected chi connectivity index (χ4v) is 5.55. The van der Waals surface area contributed by atoms with Gasteiger partial charge in [-0.3, -0.25) is 4.57 Å². The summed E-state index contributed by atoms with van der Waals surface area (Å²) < 4.78 is 13.6. The van der Waals surface area contributed by atoms with Gasteiger partial charge in [-0.2, -0.15) is 0 Å². The van der Waals surface area contributed by atoms with Crippen LogP contribution in [0.3, 0.4) is 0 Å². The Balaban J connectivity index is 1.36. The van der Waals surface area contributed by atoms with Crippen molar-refractivity contribution in [1.82, 2.24) is 19.7 Å². The molecule has 0 N–H and O–H groups in total. The molecule has 1 aliphatic rings. The number of aryl methyl sites for hydroxylation is 2. The van der Waals surface area contributed by atoms with Crippen LogP contribution >= 0.6 is 23.1 Å². The lowest BCUT2D eigenvalue weighted by atomic mass is 10.1. The molecular weight excluding hydrogens is 428 g/mol. The number of hydrogen-bond donors (Lipinski definition) is 0. The first kappa shape index (κ1) is 20.5. The Labute approximate surface area is 189 Å². The second kappa shape index (κ2) is 8.98. The van der Waals surface area contributed by atoms with E-state index >= 15 is 0 Å². The van der Waals surface area contributed by atoms with Crippen LogP contribution in [0.1, 0.15) is 29.9 Å². The summed E-state index contributed by atoms with van der Waals surface area (Å²) >= 11 is 3.35. The van der Waals surface area contributed by atoms with Gasteiger partial charge >= 0.3 is 0 Å². The lowest BCUT2D eigenvalue weighted by Crippen LogP contribution is -2.16. The van der Waals surface area contributed by atoms with E-state index in [2.05, 4.69) is 51.3 Å². The van der Waals surface area contributed by atoms with Crippen LogP contribution in [-0.2, 0) is 17.0 Å². The first-order chi connectivity index (χ1) is 15.2. The number of aromatic nitrogens is 4. The molecule has 1 fully saturated rings. The lowest BCUT2D eigenvalue weighted by molar-refractivity contribution is 0.0953. The van der Waals surface area contributed by atoms with Gasteiger partial charge in [-0.25, -0.2) is 4.98 Å². The summed E-state index contributed by atoms with van der Waals surface area (Å²) in [6.45, 7) is 5.64. The van der Waals surface area contributed by atoms with E-state index in [9.17, 15) is 0 Å². The number of thioether (sulfide) groups is 1. The zero-order valence-corrected chi connectivity index (χ0v) is 19.2. The molecule has 5 rings (SSSR count). The highest BCUT2D eigenvalue weighted by molar-refractivity contribution is 7.98. The minimum Gasteiger partial charge on any atom is -0.469 e. The average molecular weight is 453 g/mol. The van der Waals surface area contributed by atoms with Gasteiger partial charge in [0.05, 0.1) is 30.2 Å². The molecular formula is C23H24N4O2S2. The van der Waals surface area contributed by atoms with E-state index in [-0.39, 0.29) is 6.10 Å². The van der Waals surface area contributed by atoms with Crippen molar-refractivity contribution in [3.8, 4) is 22.0 Å². The Morgan fingerprint density at radius 1 is 1.23 bits per heavy atom. The summed E-state index contributed by atoms with van der Waals surface area (Å²) in [6.07, 6.45) is 4.08. The molecule has 31 heavy (non-hydrogen) atoms. The lowest BCUT2D eigenvalue weighted by Gasteiger charge is -2.14. The first-order valence-electron chi connectivity index (χ1n) is 10.4. The zero-order chi connectivity index (χ0) is 21.2. The van der Waals surface area contributed by atoms with E-state index in [1.54, 1.807) is 29.4 Å². The number of rotatable bonds is 7. The first-order valence-corrected chi connectivity index (χ1v) is 12.3. The molecule has 1 atom stereocenters. The molecule has 1 aliphatic heterocycles. The van der Waals surface area contributed by atoms with Gasteiger partial charge in [-0.1, -0.05) is 35.5 Å². The van der Waals surface area contributed by atoms with Gasteiger partial charge in [-0.05, 0) is 38.8 Å². The smallest absolute Gasteiger partial charge is 0.191 e. The van der Waals surface area contributed by atoms with Crippen LogP contribution in [0.25, 0.3) is 22.0 Å². The number of thiazole rings is 1. The summed E-state index contributed by atoms with van der Waals surface area (Å²) in [5.74, 6) is 2.43. The highest BCUT2D eigenvalue weighted by atomic mass is 32.2. The van der Waals surface area contributed by atoms with Gasteiger partial charge in [0, 0.05) is 23.3 Å². The Morgan fingerprint density at radius 2 is 2.16 bits per heavy atom. The highest BCUT2D eigenvalue weighted by Crippen LogP contribution is 2.31. The maximum Gasteiger partial charge on any atom is 0.191 e. The topological polar surface area (TPSA) is 66.0 Å². The van der Waals surface area contributed by atoms with E-state index in [0.717, 1.165) is 64.8 Å². The molecule has 0 aliphatic carbocycles. The molecule has 0 spiro atoms.